The van der Waals surface area contributed by atoms with Crippen molar-refractivity contribution in [1.82, 2.24) is 14.8 Å². The minimum absolute atomic E-state index is 0.126. The lowest BCUT2D eigenvalue weighted by atomic mass is 10.1. The minimum Gasteiger partial charge on any atom is -0.497 e. The molecule has 144 valence electrons. The summed E-state index contributed by atoms with van der Waals surface area (Å²) in [7, 11) is 5.47. The second-order valence-corrected chi connectivity index (χ2v) is 7.02. The minimum atomic E-state index is -0.185. The Morgan fingerprint density at radius 3 is 2.89 bits per heavy atom. The molecular weight excluding hydrogens is 342 g/mol. The molecule has 0 aliphatic carbocycles. The lowest BCUT2D eigenvalue weighted by Gasteiger charge is -2.33. The van der Waals surface area contributed by atoms with Crippen molar-refractivity contribution in [2.45, 2.75) is 12.5 Å². The molecule has 1 aromatic heterocycles. The van der Waals surface area contributed by atoms with Gasteiger partial charge >= 0.3 is 0 Å². The molecule has 0 N–H and O–H groups in total. The van der Waals surface area contributed by atoms with Crippen molar-refractivity contribution >= 4 is 5.91 Å². The first kappa shape index (κ1) is 19.3. The van der Waals surface area contributed by atoms with Crippen LogP contribution in [0.4, 0.5) is 0 Å². The number of aromatic nitrogens is 1. The van der Waals surface area contributed by atoms with Crippen molar-refractivity contribution in [3.05, 3.63) is 59.4 Å². The van der Waals surface area contributed by atoms with E-state index in [-0.39, 0.29) is 12.0 Å². The smallest absolute Gasteiger partial charge is 0.236 e. The number of ether oxygens (including phenoxy) is 2. The quantitative estimate of drug-likeness (QED) is 0.781. The van der Waals surface area contributed by atoms with Crippen molar-refractivity contribution in [2.75, 3.05) is 47.4 Å². The number of amides is 1. The van der Waals surface area contributed by atoms with Crippen molar-refractivity contribution in [1.29, 1.82) is 0 Å². The van der Waals surface area contributed by atoms with Crippen LogP contribution in [0.3, 0.4) is 0 Å². The molecule has 0 unspecified atom stereocenters. The van der Waals surface area contributed by atoms with Crippen LogP contribution in [0.25, 0.3) is 0 Å². The summed E-state index contributed by atoms with van der Waals surface area (Å²) < 4.78 is 11.2. The van der Waals surface area contributed by atoms with Gasteiger partial charge in [-0.05, 0) is 43.9 Å². The number of morpholine rings is 1. The Morgan fingerprint density at radius 2 is 2.11 bits per heavy atom. The summed E-state index contributed by atoms with van der Waals surface area (Å²) in [4.78, 5) is 20.9. The first-order valence-corrected chi connectivity index (χ1v) is 9.18. The molecule has 27 heavy (non-hydrogen) atoms. The van der Waals surface area contributed by atoms with Crippen LogP contribution in [0.5, 0.6) is 5.75 Å². The highest BCUT2D eigenvalue weighted by Gasteiger charge is 2.26. The molecule has 0 spiro atoms. The van der Waals surface area contributed by atoms with Crippen molar-refractivity contribution in [3.63, 3.8) is 0 Å². The van der Waals surface area contributed by atoms with Gasteiger partial charge in [0.2, 0.25) is 5.91 Å². The maximum Gasteiger partial charge on any atom is 0.236 e. The number of methoxy groups -OCH3 is 1. The zero-order chi connectivity index (χ0) is 19.2. The standard InChI is InChI=1S/C21H27N3O3/c1-23(2)15-21(25)24-10-11-27-20(14-24)19-9-5-7-17(22-19)12-16-6-4-8-18(13-16)26-3/h4-9,13,20H,10-12,14-15H2,1-3H3/t20-/m0/s1. The van der Waals surface area contributed by atoms with Gasteiger partial charge < -0.3 is 19.3 Å². The third-order valence-corrected chi connectivity index (χ3v) is 4.55. The average molecular weight is 369 g/mol. The zero-order valence-electron chi connectivity index (χ0n) is 16.2. The van der Waals surface area contributed by atoms with Gasteiger partial charge in [-0.25, -0.2) is 0 Å². The Balaban J connectivity index is 1.70. The van der Waals surface area contributed by atoms with Gasteiger partial charge in [0.05, 0.1) is 32.5 Å². The molecule has 1 fully saturated rings. The predicted molar refractivity (Wildman–Crippen MR) is 104 cm³/mol. The van der Waals surface area contributed by atoms with E-state index in [0.717, 1.165) is 29.1 Å². The Kier molecular flexibility index (Phi) is 6.42. The van der Waals surface area contributed by atoms with Crippen LogP contribution in [0, 0.1) is 0 Å². The number of benzene rings is 1. The Hall–Kier alpha value is -2.44. The van der Waals surface area contributed by atoms with Gasteiger partial charge in [0, 0.05) is 18.7 Å². The summed E-state index contributed by atoms with van der Waals surface area (Å²) in [6, 6.07) is 14.0. The fourth-order valence-electron chi connectivity index (χ4n) is 3.19. The van der Waals surface area contributed by atoms with Crippen molar-refractivity contribution < 1.29 is 14.3 Å². The second kappa shape index (κ2) is 8.97. The van der Waals surface area contributed by atoms with Gasteiger partial charge in [-0.3, -0.25) is 9.78 Å². The molecule has 0 bridgehead atoms. The summed E-state index contributed by atoms with van der Waals surface area (Å²) in [6.45, 7) is 2.12. The molecule has 2 heterocycles. The van der Waals surface area contributed by atoms with E-state index in [1.54, 1.807) is 7.11 Å². The van der Waals surface area contributed by atoms with E-state index in [1.807, 2.05) is 60.3 Å². The maximum atomic E-state index is 12.4. The zero-order valence-corrected chi connectivity index (χ0v) is 16.2. The van der Waals surface area contributed by atoms with E-state index in [9.17, 15) is 4.79 Å². The van der Waals surface area contributed by atoms with E-state index >= 15 is 0 Å². The summed E-state index contributed by atoms with van der Waals surface area (Å²) in [5.41, 5.74) is 2.99. The number of pyridine rings is 1. The molecule has 2 aromatic rings. The van der Waals surface area contributed by atoms with E-state index in [2.05, 4.69) is 6.07 Å². The average Bonchev–Trinajstić information content (AvgIpc) is 2.68. The molecule has 0 saturated carbocycles. The number of hydrogen-bond acceptors (Lipinski definition) is 5. The van der Waals surface area contributed by atoms with Gasteiger partial charge in [0.1, 0.15) is 11.9 Å². The topological polar surface area (TPSA) is 54.9 Å². The first-order valence-electron chi connectivity index (χ1n) is 9.18. The first-order chi connectivity index (χ1) is 13.0. The van der Waals surface area contributed by atoms with E-state index in [1.165, 1.54) is 0 Å². The van der Waals surface area contributed by atoms with Gasteiger partial charge in [0.25, 0.3) is 0 Å². The molecule has 3 rings (SSSR count). The number of nitrogens with zero attached hydrogens (tertiary/aromatic N) is 3. The predicted octanol–water partition coefficient (Wildman–Crippen LogP) is 2.14. The molecule has 1 atom stereocenters. The SMILES string of the molecule is COc1cccc(Cc2cccc([C@@H]3CN(C(=O)CN(C)C)CCO3)n2)c1. The van der Waals surface area contributed by atoms with Crippen LogP contribution >= 0.6 is 0 Å². The third kappa shape index (κ3) is 5.28. The molecule has 1 aliphatic rings. The molecule has 0 radical (unpaired) electrons. The van der Waals surface area contributed by atoms with Gasteiger partial charge in [-0.15, -0.1) is 0 Å². The molecule has 1 aromatic carbocycles. The summed E-state index contributed by atoms with van der Waals surface area (Å²) >= 11 is 0. The van der Waals surface area contributed by atoms with Gasteiger partial charge in [-0.1, -0.05) is 18.2 Å². The molecule has 1 amide bonds. The molecule has 1 aliphatic heterocycles. The molecular formula is C21H27N3O3. The number of carbonyl (C=O) groups excluding carboxylic acids is 1. The van der Waals surface area contributed by atoms with Gasteiger partial charge in [0.15, 0.2) is 0 Å². The lowest BCUT2D eigenvalue weighted by molar-refractivity contribution is -0.139. The Morgan fingerprint density at radius 1 is 1.30 bits per heavy atom. The summed E-state index contributed by atoms with van der Waals surface area (Å²) in [5.74, 6) is 0.968. The third-order valence-electron chi connectivity index (χ3n) is 4.55. The van der Waals surface area contributed by atoms with Crippen LogP contribution < -0.4 is 4.74 Å². The second-order valence-electron chi connectivity index (χ2n) is 7.02. The fourth-order valence-corrected chi connectivity index (χ4v) is 3.19. The van der Waals surface area contributed by atoms with Crippen LogP contribution in [0.15, 0.2) is 42.5 Å². The molecule has 1 saturated heterocycles. The van der Waals surface area contributed by atoms with Crippen LogP contribution in [-0.4, -0.2) is 68.1 Å². The van der Waals surface area contributed by atoms with Gasteiger partial charge in [-0.2, -0.15) is 0 Å². The number of rotatable bonds is 6. The van der Waals surface area contributed by atoms with E-state index in [4.69, 9.17) is 14.5 Å². The number of hydrogen-bond donors (Lipinski definition) is 0. The Labute approximate surface area is 160 Å². The fraction of sp³-hybridized carbons (Fsp3) is 0.429. The van der Waals surface area contributed by atoms with Crippen LogP contribution in [0.1, 0.15) is 23.1 Å². The normalized spacial score (nSPS) is 17.2. The Bertz CT molecular complexity index is 779. The highest BCUT2D eigenvalue weighted by molar-refractivity contribution is 5.78. The molecule has 6 heteroatoms. The van der Waals surface area contributed by atoms with E-state index in [0.29, 0.717) is 26.2 Å². The van der Waals surface area contributed by atoms with Crippen molar-refractivity contribution in [2.24, 2.45) is 0 Å². The highest BCUT2D eigenvalue weighted by atomic mass is 16.5. The summed E-state index contributed by atoms with van der Waals surface area (Å²) in [5, 5.41) is 0. The van der Waals surface area contributed by atoms with Crippen LogP contribution in [-0.2, 0) is 16.0 Å². The number of likely N-dealkylation sites (N-methyl/N-ethyl adjacent to an activating group) is 1. The summed E-state index contributed by atoms with van der Waals surface area (Å²) in [6.07, 6.45) is 0.538. The largest absolute Gasteiger partial charge is 0.497 e. The number of carbonyl (C=O) groups is 1. The molecule has 6 nitrogen and oxygen atoms in total. The maximum absolute atomic E-state index is 12.4. The highest BCUT2D eigenvalue weighted by Crippen LogP contribution is 2.22. The van der Waals surface area contributed by atoms with Crippen molar-refractivity contribution in [3.8, 4) is 5.75 Å². The van der Waals surface area contributed by atoms with Crippen LogP contribution in [0.2, 0.25) is 0 Å². The monoisotopic (exact) mass is 369 g/mol. The van der Waals surface area contributed by atoms with E-state index < -0.39 is 0 Å². The lowest BCUT2D eigenvalue weighted by Crippen LogP contribution is -2.45.